The Morgan fingerprint density at radius 2 is 1.68 bits per heavy atom. The largest absolute Gasteiger partial charge is 0.354 e. The van der Waals surface area contributed by atoms with Gasteiger partial charge in [0.2, 0.25) is 11.8 Å². The first-order valence-corrected chi connectivity index (χ1v) is 15.6. The Kier molecular flexibility index (Phi) is 11.2. The minimum absolute atomic E-state index is 0.0789. The lowest BCUT2D eigenvalue weighted by Gasteiger charge is -2.32. The van der Waals surface area contributed by atoms with Gasteiger partial charge in [-0.3, -0.25) is 13.9 Å². The highest BCUT2D eigenvalue weighted by Gasteiger charge is 2.32. The van der Waals surface area contributed by atoms with E-state index in [1.54, 1.807) is 49.4 Å². The molecule has 1 N–H and O–H groups in total. The summed E-state index contributed by atoms with van der Waals surface area (Å²) in [6.07, 6.45) is 1.76. The number of carbonyl (C=O) groups excluding carboxylic acids is 2. The van der Waals surface area contributed by atoms with Gasteiger partial charge in [-0.05, 0) is 90.0 Å². The Morgan fingerprint density at radius 1 is 1.00 bits per heavy atom. The summed E-state index contributed by atoms with van der Waals surface area (Å²) in [5.41, 5.74) is 1.18. The maximum atomic E-state index is 13.9. The summed E-state index contributed by atoms with van der Waals surface area (Å²) >= 11 is 5.60. The minimum atomic E-state index is -4.06. The number of nitrogens with zero attached hydrogens (tertiary/aromatic N) is 2. The number of halogens is 2. The van der Waals surface area contributed by atoms with Crippen LogP contribution in [-0.4, -0.2) is 44.3 Å². The van der Waals surface area contributed by atoms with Gasteiger partial charge in [-0.2, -0.15) is 0 Å². The fraction of sp³-hybridized carbons (Fsp3) is 0.286. The number of unbranched alkanes of at least 4 members (excludes halogenated alkanes) is 1. The first kappa shape index (κ1) is 30.1. The summed E-state index contributed by atoms with van der Waals surface area (Å²) in [6, 6.07) is 21.6. The molecule has 3 aromatic carbocycles. The molecule has 0 saturated heterocycles. The zero-order valence-corrected chi connectivity index (χ0v) is 25.9. The standard InChI is InChI=1S/C28H31BrIN3O4S/c1-3-4-17-31-28(35)21(2)32(19-22-9-8-10-23(29)18-22)27(34)20-33(25-15-13-24(30)14-16-25)38(36,37)26-11-6-5-7-12-26/h5-16,18,21H,3-4,17,19-20H2,1-2H3,(H,31,35)/t21-/m1/s1. The number of nitrogens with one attached hydrogen (secondary N) is 1. The van der Waals surface area contributed by atoms with E-state index in [2.05, 4.69) is 43.8 Å². The molecule has 7 nitrogen and oxygen atoms in total. The number of sulfonamides is 1. The zero-order chi connectivity index (χ0) is 27.7. The van der Waals surface area contributed by atoms with Crippen LogP contribution in [0.1, 0.15) is 32.3 Å². The minimum Gasteiger partial charge on any atom is -0.354 e. The Labute approximate surface area is 246 Å². The fourth-order valence-corrected chi connectivity index (χ4v) is 6.05. The Hall–Kier alpha value is -2.44. The van der Waals surface area contributed by atoms with Gasteiger partial charge in [-0.1, -0.05) is 59.6 Å². The molecule has 0 heterocycles. The lowest BCUT2D eigenvalue weighted by molar-refractivity contribution is -0.139. The van der Waals surface area contributed by atoms with Gasteiger partial charge in [-0.15, -0.1) is 0 Å². The van der Waals surface area contributed by atoms with Crippen LogP contribution >= 0.6 is 38.5 Å². The summed E-state index contributed by atoms with van der Waals surface area (Å²) in [5.74, 6) is -0.769. The number of benzene rings is 3. The van der Waals surface area contributed by atoms with Gasteiger partial charge in [0.05, 0.1) is 10.6 Å². The van der Waals surface area contributed by atoms with E-state index in [1.165, 1.54) is 17.0 Å². The second-order valence-electron chi connectivity index (χ2n) is 8.77. The maximum absolute atomic E-state index is 13.9. The highest BCUT2D eigenvalue weighted by molar-refractivity contribution is 14.1. The fourth-order valence-electron chi connectivity index (χ4n) is 3.81. The van der Waals surface area contributed by atoms with Crippen LogP contribution < -0.4 is 9.62 Å². The lowest BCUT2D eigenvalue weighted by atomic mass is 10.1. The molecule has 0 unspecified atom stereocenters. The Morgan fingerprint density at radius 3 is 2.32 bits per heavy atom. The molecule has 0 fully saturated rings. The molecule has 0 aromatic heterocycles. The highest BCUT2D eigenvalue weighted by atomic mass is 127. The SMILES string of the molecule is CCCCNC(=O)[C@@H](C)N(Cc1cccc(Br)c1)C(=O)CN(c1ccc(I)cc1)S(=O)(=O)c1ccccc1. The molecule has 0 aliphatic carbocycles. The first-order chi connectivity index (χ1) is 18.1. The summed E-state index contributed by atoms with van der Waals surface area (Å²) in [7, 11) is -4.06. The van der Waals surface area contributed by atoms with E-state index in [4.69, 9.17) is 0 Å². The number of amides is 2. The van der Waals surface area contributed by atoms with Crippen LogP contribution in [0.3, 0.4) is 0 Å². The molecule has 10 heteroatoms. The number of anilines is 1. The molecule has 0 bridgehead atoms. The summed E-state index contributed by atoms with van der Waals surface area (Å²) in [4.78, 5) is 28.4. The number of carbonyl (C=O) groups is 2. The van der Waals surface area contributed by atoms with Gasteiger partial charge >= 0.3 is 0 Å². The van der Waals surface area contributed by atoms with Crippen molar-refractivity contribution in [1.82, 2.24) is 10.2 Å². The van der Waals surface area contributed by atoms with E-state index < -0.39 is 28.5 Å². The number of rotatable bonds is 12. The summed E-state index contributed by atoms with van der Waals surface area (Å²) in [6.45, 7) is 3.89. The molecular formula is C28H31BrIN3O4S. The maximum Gasteiger partial charge on any atom is 0.264 e. The van der Waals surface area contributed by atoms with Crippen molar-refractivity contribution in [3.8, 4) is 0 Å². The highest BCUT2D eigenvalue weighted by Crippen LogP contribution is 2.25. The molecule has 202 valence electrons. The first-order valence-electron chi connectivity index (χ1n) is 12.3. The van der Waals surface area contributed by atoms with Crippen LogP contribution in [-0.2, 0) is 26.2 Å². The topological polar surface area (TPSA) is 86.8 Å². The number of hydrogen-bond donors (Lipinski definition) is 1. The van der Waals surface area contributed by atoms with Crippen LogP contribution in [0.2, 0.25) is 0 Å². The molecule has 3 aromatic rings. The van der Waals surface area contributed by atoms with E-state index >= 15 is 0 Å². The molecule has 38 heavy (non-hydrogen) atoms. The van der Waals surface area contributed by atoms with E-state index in [0.29, 0.717) is 12.2 Å². The normalized spacial score (nSPS) is 12.0. The van der Waals surface area contributed by atoms with Crippen LogP contribution in [0.25, 0.3) is 0 Å². The molecule has 2 amide bonds. The van der Waals surface area contributed by atoms with Crippen molar-refractivity contribution in [1.29, 1.82) is 0 Å². The van der Waals surface area contributed by atoms with Gasteiger partial charge in [0.1, 0.15) is 12.6 Å². The molecule has 0 radical (unpaired) electrons. The zero-order valence-electron chi connectivity index (χ0n) is 21.3. The number of hydrogen-bond acceptors (Lipinski definition) is 4. The van der Waals surface area contributed by atoms with E-state index in [1.807, 2.05) is 31.2 Å². The summed E-state index contributed by atoms with van der Waals surface area (Å²) < 4.78 is 30.3. The van der Waals surface area contributed by atoms with E-state index in [-0.39, 0.29) is 17.3 Å². The van der Waals surface area contributed by atoms with Crippen LogP contribution in [0, 0.1) is 3.57 Å². The second-order valence-corrected chi connectivity index (χ2v) is 12.8. The quantitative estimate of drug-likeness (QED) is 0.196. The average Bonchev–Trinajstić information content (AvgIpc) is 2.91. The molecule has 3 rings (SSSR count). The third-order valence-corrected chi connectivity index (χ3v) is 8.96. The third-order valence-electron chi connectivity index (χ3n) is 5.96. The van der Waals surface area contributed by atoms with Gasteiger partial charge in [0.15, 0.2) is 0 Å². The summed E-state index contributed by atoms with van der Waals surface area (Å²) in [5, 5.41) is 2.89. The average molecular weight is 712 g/mol. The Balaban J connectivity index is 1.98. The Bertz CT molecular complexity index is 1340. The van der Waals surface area contributed by atoms with Gasteiger partial charge in [0.25, 0.3) is 10.0 Å². The third kappa shape index (κ3) is 8.03. The van der Waals surface area contributed by atoms with Gasteiger partial charge < -0.3 is 10.2 Å². The second kappa shape index (κ2) is 14.1. The van der Waals surface area contributed by atoms with Crippen LogP contribution in [0.4, 0.5) is 5.69 Å². The van der Waals surface area contributed by atoms with Gasteiger partial charge in [-0.25, -0.2) is 8.42 Å². The molecule has 0 aliphatic heterocycles. The van der Waals surface area contributed by atoms with Crippen molar-refractivity contribution < 1.29 is 18.0 Å². The van der Waals surface area contributed by atoms with Crippen molar-refractivity contribution in [2.24, 2.45) is 0 Å². The predicted molar refractivity (Wildman–Crippen MR) is 162 cm³/mol. The van der Waals surface area contributed by atoms with Crippen molar-refractivity contribution in [3.05, 3.63) is 92.5 Å². The monoisotopic (exact) mass is 711 g/mol. The lowest BCUT2D eigenvalue weighted by Crippen LogP contribution is -2.51. The van der Waals surface area contributed by atoms with Crippen molar-refractivity contribution >= 4 is 66.0 Å². The smallest absolute Gasteiger partial charge is 0.264 e. The van der Waals surface area contributed by atoms with Gasteiger partial charge in [0, 0.05) is 21.1 Å². The van der Waals surface area contributed by atoms with Crippen molar-refractivity contribution in [2.45, 2.75) is 44.2 Å². The van der Waals surface area contributed by atoms with E-state index in [9.17, 15) is 18.0 Å². The van der Waals surface area contributed by atoms with E-state index in [0.717, 1.165) is 30.8 Å². The molecular weight excluding hydrogens is 681 g/mol. The molecule has 0 saturated carbocycles. The van der Waals surface area contributed by atoms with Crippen LogP contribution in [0.15, 0.2) is 88.2 Å². The van der Waals surface area contributed by atoms with Crippen molar-refractivity contribution in [3.63, 3.8) is 0 Å². The van der Waals surface area contributed by atoms with Crippen molar-refractivity contribution in [2.75, 3.05) is 17.4 Å². The molecule has 1 atom stereocenters. The predicted octanol–water partition coefficient (Wildman–Crippen LogP) is 5.58. The molecule has 0 aliphatic rings. The molecule has 0 spiro atoms. The van der Waals surface area contributed by atoms with Crippen LogP contribution in [0.5, 0.6) is 0 Å².